The molecule has 5 nitrogen and oxygen atoms in total. The summed E-state index contributed by atoms with van der Waals surface area (Å²) in [5, 5.41) is 0. The second-order valence-corrected chi connectivity index (χ2v) is 6.85. The van der Waals surface area contributed by atoms with E-state index in [2.05, 4.69) is 40.6 Å². The van der Waals surface area contributed by atoms with Gasteiger partial charge >= 0.3 is 0 Å². The monoisotopic (exact) mass is 404 g/mol. The number of carbonyl (C=O) groups is 2. The molecule has 0 saturated heterocycles. The molecule has 0 bridgehead atoms. The second-order valence-electron chi connectivity index (χ2n) is 5.94. The van der Waals surface area contributed by atoms with E-state index in [-0.39, 0.29) is 5.91 Å². The molecule has 1 unspecified atom stereocenters. The summed E-state index contributed by atoms with van der Waals surface area (Å²) in [6.07, 6.45) is -0.752. The first-order chi connectivity index (χ1) is 11.9. The lowest BCUT2D eigenvalue weighted by Gasteiger charge is -2.15. The predicted molar refractivity (Wildman–Crippen MR) is 100 cm³/mol. The summed E-state index contributed by atoms with van der Waals surface area (Å²) in [6.45, 7) is 5.78. The van der Waals surface area contributed by atoms with E-state index in [0.717, 1.165) is 10.0 Å². The van der Waals surface area contributed by atoms with Gasteiger partial charge in [-0.3, -0.25) is 20.4 Å². The van der Waals surface area contributed by atoms with Crippen LogP contribution in [0.3, 0.4) is 0 Å². The molecule has 132 valence electrons. The zero-order chi connectivity index (χ0) is 18.4. The van der Waals surface area contributed by atoms with Crippen molar-refractivity contribution in [3.05, 3.63) is 64.1 Å². The molecule has 2 amide bonds. The molecule has 2 aromatic carbocycles. The van der Waals surface area contributed by atoms with Crippen LogP contribution in [0.5, 0.6) is 5.75 Å². The van der Waals surface area contributed by atoms with Crippen molar-refractivity contribution >= 4 is 27.7 Å². The topological polar surface area (TPSA) is 67.4 Å². The number of hydrazine groups is 1. The van der Waals surface area contributed by atoms with Gasteiger partial charge in [0.2, 0.25) is 0 Å². The van der Waals surface area contributed by atoms with E-state index in [1.807, 2.05) is 24.3 Å². The summed E-state index contributed by atoms with van der Waals surface area (Å²) in [4.78, 5) is 24.1. The molecule has 1 atom stereocenters. The highest BCUT2D eigenvalue weighted by Gasteiger charge is 2.16. The first-order valence-corrected chi connectivity index (χ1v) is 8.78. The van der Waals surface area contributed by atoms with Crippen LogP contribution >= 0.6 is 15.9 Å². The molecular formula is C19H21BrN2O3. The van der Waals surface area contributed by atoms with Crippen molar-refractivity contribution in [2.45, 2.75) is 32.8 Å². The van der Waals surface area contributed by atoms with Crippen molar-refractivity contribution in [1.82, 2.24) is 10.9 Å². The van der Waals surface area contributed by atoms with E-state index in [1.165, 1.54) is 0 Å². The van der Waals surface area contributed by atoms with Gasteiger partial charge in [0.15, 0.2) is 6.10 Å². The molecule has 0 aliphatic rings. The summed E-state index contributed by atoms with van der Waals surface area (Å²) >= 11 is 3.34. The maximum atomic E-state index is 12.1. The van der Waals surface area contributed by atoms with Gasteiger partial charge in [0.1, 0.15) is 5.75 Å². The fraction of sp³-hybridized carbons (Fsp3) is 0.263. The SMILES string of the molecule is CC(Oc1cccc(Br)c1)C(=O)NNC(=O)c1ccc(C(C)C)cc1. The number of nitrogens with one attached hydrogen (secondary N) is 2. The van der Waals surface area contributed by atoms with Crippen molar-refractivity contribution in [2.24, 2.45) is 0 Å². The van der Waals surface area contributed by atoms with Crippen LogP contribution in [0.2, 0.25) is 0 Å². The summed E-state index contributed by atoms with van der Waals surface area (Å²) in [7, 11) is 0. The lowest BCUT2D eigenvalue weighted by atomic mass is 10.0. The standard InChI is InChI=1S/C19H21BrN2O3/c1-12(2)14-7-9-15(10-8-14)19(24)22-21-18(23)13(3)25-17-6-4-5-16(20)11-17/h4-13H,1-3H3,(H,21,23)(H,22,24). The highest BCUT2D eigenvalue weighted by molar-refractivity contribution is 9.10. The molecule has 2 rings (SSSR count). The van der Waals surface area contributed by atoms with Crippen molar-refractivity contribution in [3.63, 3.8) is 0 Å². The van der Waals surface area contributed by atoms with E-state index in [1.54, 1.807) is 31.2 Å². The summed E-state index contributed by atoms with van der Waals surface area (Å²) in [6, 6.07) is 14.5. The van der Waals surface area contributed by atoms with Gasteiger partial charge in [-0.15, -0.1) is 0 Å². The van der Waals surface area contributed by atoms with Crippen LogP contribution in [0.4, 0.5) is 0 Å². The van der Waals surface area contributed by atoms with Crippen LogP contribution in [-0.2, 0) is 4.79 Å². The molecule has 0 saturated carbocycles. The molecule has 6 heteroatoms. The number of hydrogen-bond acceptors (Lipinski definition) is 3. The highest BCUT2D eigenvalue weighted by atomic mass is 79.9. The Bertz CT molecular complexity index is 745. The minimum absolute atomic E-state index is 0.377. The molecule has 25 heavy (non-hydrogen) atoms. The molecule has 0 heterocycles. The van der Waals surface area contributed by atoms with Crippen LogP contribution in [0, 0.1) is 0 Å². The molecule has 0 radical (unpaired) electrons. The first-order valence-electron chi connectivity index (χ1n) is 7.99. The molecule has 2 aromatic rings. The van der Waals surface area contributed by atoms with E-state index < -0.39 is 12.0 Å². The smallest absolute Gasteiger partial charge is 0.279 e. The Morgan fingerprint density at radius 3 is 2.28 bits per heavy atom. The number of hydrogen-bond donors (Lipinski definition) is 2. The minimum Gasteiger partial charge on any atom is -0.481 e. The van der Waals surface area contributed by atoms with Gasteiger partial charge in [-0.25, -0.2) is 0 Å². The Morgan fingerprint density at radius 1 is 1.00 bits per heavy atom. The van der Waals surface area contributed by atoms with Crippen LogP contribution in [0.25, 0.3) is 0 Å². The molecule has 0 fully saturated rings. The Kier molecular flexibility index (Phi) is 6.58. The van der Waals surface area contributed by atoms with Crippen LogP contribution in [0.1, 0.15) is 42.6 Å². The number of rotatable bonds is 5. The van der Waals surface area contributed by atoms with Gasteiger partial charge in [-0.05, 0) is 48.7 Å². The van der Waals surface area contributed by atoms with Gasteiger partial charge in [0.25, 0.3) is 11.8 Å². The molecule has 0 spiro atoms. The number of amides is 2. The Balaban J connectivity index is 1.86. The maximum Gasteiger partial charge on any atom is 0.279 e. The fourth-order valence-electron chi connectivity index (χ4n) is 2.11. The lowest BCUT2D eigenvalue weighted by molar-refractivity contribution is -0.128. The van der Waals surface area contributed by atoms with E-state index in [9.17, 15) is 9.59 Å². The average Bonchev–Trinajstić information content (AvgIpc) is 2.59. The van der Waals surface area contributed by atoms with Gasteiger partial charge < -0.3 is 4.74 Å². The second kappa shape index (κ2) is 8.67. The largest absolute Gasteiger partial charge is 0.481 e. The average molecular weight is 405 g/mol. The highest BCUT2D eigenvalue weighted by Crippen LogP contribution is 2.19. The maximum absolute atomic E-state index is 12.1. The van der Waals surface area contributed by atoms with E-state index in [0.29, 0.717) is 17.2 Å². The van der Waals surface area contributed by atoms with Gasteiger partial charge in [-0.2, -0.15) is 0 Å². The number of halogens is 1. The number of carbonyl (C=O) groups excluding carboxylic acids is 2. The zero-order valence-corrected chi connectivity index (χ0v) is 16.0. The number of ether oxygens (including phenoxy) is 1. The quantitative estimate of drug-likeness (QED) is 0.744. The third kappa shape index (κ3) is 5.60. The molecule has 0 aliphatic carbocycles. The van der Waals surface area contributed by atoms with Crippen LogP contribution < -0.4 is 15.6 Å². The summed E-state index contributed by atoms with van der Waals surface area (Å²) < 4.78 is 6.40. The fourth-order valence-corrected chi connectivity index (χ4v) is 2.49. The van der Waals surface area contributed by atoms with Crippen LogP contribution in [-0.4, -0.2) is 17.9 Å². The zero-order valence-electron chi connectivity index (χ0n) is 14.4. The van der Waals surface area contributed by atoms with Crippen molar-refractivity contribution in [3.8, 4) is 5.75 Å². The Morgan fingerprint density at radius 2 is 1.68 bits per heavy atom. The van der Waals surface area contributed by atoms with Crippen LogP contribution in [0.15, 0.2) is 53.0 Å². The van der Waals surface area contributed by atoms with Gasteiger partial charge in [0, 0.05) is 10.0 Å². The Hall–Kier alpha value is -2.34. The van der Waals surface area contributed by atoms with Crippen molar-refractivity contribution in [2.75, 3.05) is 0 Å². The third-order valence-electron chi connectivity index (χ3n) is 3.62. The number of benzene rings is 2. The molecular weight excluding hydrogens is 384 g/mol. The third-order valence-corrected chi connectivity index (χ3v) is 4.11. The molecule has 0 aromatic heterocycles. The lowest BCUT2D eigenvalue weighted by Crippen LogP contribution is -2.47. The normalized spacial score (nSPS) is 11.7. The molecule has 2 N–H and O–H groups in total. The minimum atomic E-state index is -0.752. The molecule has 0 aliphatic heterocycles. The van der Waals surface area contributed by atoms with E-state index in [4.69, 9.17) is 4.74 Å². The summed E-state index contributed by atoms with van der Waals surface area (Å²) in [5.41, 5.74) is 6.40. The summed E-state index contributed by atoms with van der Waals surface area (Å²) in [5.74, 6) is 0.144. The van der Waals surface area contributed by atoms with Crippen molar-refractivity contribution < 1.29 is 14.3 Å². The van der Waals surface area contributed by atoms with Crippen molar-refractivity contribution in [1.29, 1.82) is 0 Å². The Labute approximate surface area is 155 Å². The first kappa shape index (κ1) is 19.0. The van der Waals surface area contributed by atoms with E-state index >= 15 is 0 Å². The predicted octanol–water partition coefficient (Wildman–Crippen LogP) is 3.80. The van der Waals surface area contributed by atoms with Gasteiger partial charge in [-0.1, -0.05) is 48.0 Å². The van der Waals surface area contributed by atoms with Gasteiger partial charge in [0.05, 0.1) is 0 Å².